The molecule has 7 heteroatoms. The number of carbonyl (C=O) groups is 1. The Kier molecular flexibility index (Phi) is 5.20. The van der Waals surface area contributed by atoms with Crippen LogP contribution in [0.15, 0.2) is 42.7 Å². The lowest BCUT2D eigenvalue weighted by Gasteiger charge is -2.49. The van der Waals surface area contributed by atoms with Gasteiger partial charge in [0.05, 0.1) is 18.6 Å². The van der Waals surface area contributed by atoms with Gasteiger partial charge in [0.2, 0.25) is 11.9 Å². The van der Waals surface area contributed by atoms with Crippen molar-refractivity contribution in [3.8, 4) is 0 Å². The number of nitrogens with zero attached hydrogens (tertiary/aromatic N) is 4. The molecule has 3 heterocycles. The fraction of sp³-hybridized carbons (Fsp3) is 0.450. The summed E-state index contributed by atoms with van der Waals surface area (Å²) < 4.78 is 5.07. The Morgan fingerprint density at radius 2 is 2.04 bits per heavy atom. The molecule has 4 rings (SSSR count). The number of methoxy groups -OCH3 is 1. The molecule has 0 bridgehead atoms. The van der Waals surface area contributed by atoms with Gasteiger partial charge in [-0.1, -0.05) is 18.2 Å². The summed E-state index contributed by atoms with van der Waals surface area (Å²) in [7, 11) is 1.64. The normalized spacial score (nSPS) is 21.4. The van der Waals surface area contributed by atoms with Crippen LogP contribution in [0.3, 0.4) is 0 Å². The SMILES string of the molecule is COCCNC(=O)[C@H]1Cc2ccccc2N2CCN(c3ncccn3)C[C@H]12. The van der Waals surface area contributed by atoms with Gasteiger partial charge in [-0.2, -0.15) is 0 Å². The molecule has 27 heavy (non-hydrogen) atoms. The number of benzene rings is 1. The lowest BCUT2D eigenvalue weighted by Crippen LogP contribution is -2.61. The molecule has 1 amide bonds. The Morgan fingerprint density at radius 3 is 2.85 bits per heavy atom. The molecule has 142 valence electrons. The van der Waals surface area contributed by atoms with Crippen LogP contribution in [0.1, 0.15) is 5.56 Å². The third-order valence-corrected chi connectivity index (χ3v) is 5.40. The lowest BCUT2D eigenvalue weighted by molar-refractivity contribution is -0.126. The molecule has 0 unspecified atom stereocenters. The van der Waals surface area contributed by atoms with Gasteiger partial charge in [-0.3, -0.25) is 4.79 Å². The molecule has 1 aromatic heterocycles. The average molecular weight is 367 g/mol. The highest BCUT2D eigenvalue weighted by atomic mass is 16.5. The maximum atomic E-state index is 12.9. The molecule has 1 fully saturated rings. The highest BCUT2D eigenvalue weighted by Crippen LogP contribution is 2.36. The van der Waals surface area contributed by atoms with E-state index in [2.05, 4.69) is 43.3 Å². The van der Waals surface area contributed by atoms with Crippen LogP contribution in [0.5, 0.6) is 0 Å². The lowest BCUT2D eigenvalue weighted by atomic mass is 9.83. The number of ether oxygens (including phenoxy) is 1. The number of aromatic nitrogens is 2. The molecular weight excluding hydrogens is 342 g/mol. The van der Waals surface area contributed by atoms with Gasteiger partial charge < -0.3 is 19.9 Å². The summed E-state index contributed by atoms with van der Waals surface area (Å²) in [5.41, 5.74) is 2.49. The van der Waals surface area contributed by atoms with Gasteiger partial charge in [0.1, 0.15) is 0 Å². The van der Waals surface area contributed by atoms with E-state index in [1.54, 1.807) is 19.5 Å². The predicted molar refractivity (Wildman–Crippen MR) is 104 cm³/mol. The smallest absolute Gasteiger partial charge is 0.225 e. The first-order valence-electron chi connectivity index (χ1n) is 9.41. The minimum Gasteiger partial charge on any atom is -0.383 e. The van der Waals surface area contributed by atoms with Crippen molar-refractivity contribution in [2.24, 2.45) is 5.92 Å². The van der Waals surface area contributed by atoms with Crippen molar-refractivity contribution in [3.05, 3.63) is 48.3 Å². The number of amides is 1. The summed E-state index contributed by atoms with van der Waals surface area (Å²) in [6.07, 6.45) is 4.28. The maximum Gasteiger partial charge on any atom is 0.225 e. The van der Waals surface area contributed by atoms with E-state index in [0.717, 1.165) is 32.0 Å². The summed E-state index contributed by atoms with van der Waals surface area (Å²) in [5, 5.41) is 3.03. The fourth-order valence-corrected chi connectivity index (χ4v) is 4.10. The van der Waals surface area contributed by atoms with E-state index in [1.807, 2.05) is 12.1 Å². The summed E-state index contributed by atoms with van der Waals surface area (Å²) in [4.78, 5) is 26.3. The molecule has 1 saturated heterocycles. The number of hydrogen-bond acceptors (Lipinski definition) is 6. The van der Waals surface area contributed by atoms with Crippen LogP contribution in [0.25, 0.3) is 0 Å². The third kappa shape index (κ3) is 3.60. The monoisotopic (exact) mass is 367 g/mol. The minimum absolute atomic E-state index is 0.0902. The highest BCUT2D eigenvalue weighted by Gasteiger charge is 2.41. The molecule has 1 aromatic carbocycles. The Bertz CT molecular complexity index is 785. The molecule has 0 aliphatic carbocycles. The van der Waals surface area contributed by atoms with E-state index in [4.69, 9.17) is 4.74 Å². The second kappa shape index (κ2) is 7.92. The molecule has 2 aromatic rings. The van der Waals surface area contributed by atoms with Crippen LogP contribution in [0.4, 0.5) is 11.6 Å². The van der Waals surface area contributed by atoms with Gasteiger partial charge in [-0.15, -0.1) is 0 Å². The number of para-hydroxylation sites is 1. The number of piperazine rings is 1. The first-order chi connectivity index (χ1) is 13.3. The molecular formula is C20H25N5O2. The molecule has 2 atom stereocenters. The van der Waals surface area contributed by atoms with Crippen molar-refractivity contribution >= 4 is 17.5 Å². The Balaban J connectivity index is 1.59. The zero-order valence-electron chi connectivity index (χ0n) is 15.5. The van der Waals surface area contributed by atoms with Crippen LogP contribution < -0.4 is 15.1 Å². The van der Waals surface area contributed by atoms with Gasteiger partial charge in [-0.25, -0.2) is 9.97 Å². The number of hydrogen-bond donors (Lipinski definition) is 1. The quantitative estimate of drug-likeness (QED) is 0.799. The maximum absolute atomic E-state index is 12.9. The van der Waals surface area contributed by atoms with Crippen LogP contribution >= 0.6 is 0 Å². The van der Waals surface area contributed by atoms with Gasteiger partial charge in [-0.05, 0) is 24.1 Å². The van der Waals surface area contributed by atoms with E-state index < -0.39 is 0 Å². The van der Waals surface area contributed by atoms with Crippen molar-refractivity contribution in [2.45, 2.75) is 12.5 Å². The zero-order chi connectivity index (χ0) is 18.6. The van der Waals surface area contributed by atoms with Crippen molar-refractivity contribution in [1.82, 2.24) is 15.3 Å². The second-order valence-corrected chi connectivity index (χ2v) is 6.98. The first kappa shape index (κ1) is 17.7. The average Bonchev–Trinajstić information content (AvgIpc) is 2.73. The summed E-state index contributed by atoms with van der Waals surface area (Å²) in [5.74, 6) is 0.713. The van der Waals surface area contributed by atoms with Crippen molar-refractivity contribution in [2.75, 3.05) is 49.7 Å². The van der Waals surface area contributed by atoms with E-state index in [9.17, 15) is 4.79 Å². The number of nitrogens with one attached hydrogen (secondary N) is 1. The van der Waals surface area contributed by atoms with E-state index >= 15 is 0 Å². The van der Waals surface area contributed by atoms with Gasteiger partial charge >= 0.3 is 0 Å². The van der Waals surface area contributed by atoms with Crippen molar-refractivity contribution < 1.29 is 9.53 Å². The predicted octanol–water partition coefficient (Wildman–Crippen LogP) is 1.11. The third-order valence-electron chi connectivity index (χ3n) is 5.40. The van der Waals surface area contributed by atoms with E-state index in [1.165, 1.54) is 11.3 Å². The zero-order valence-corrected chi connectivity index (χ0v) is 15.5. The van der Waals surface area contributed by atoms with Gasteiger partial charge in [0.15, 0.2) is 0 Å². The van der Waals surface area contributed by atoms with Gasteiger partial charge in [0, 0.05) is 51.4 Å². The molecule has 7 nitrogen and oxygen atoms in total. The molecule has 0 radical (unpaired) electrons. The summed E-state index contributed by atoms with van der Waals surface area (Å²) in [6.45, 7) is 3.48. The van der Waals surface area contributed by atoms with E-state index in [-0.39, 0.29) is 17.9 Å². The Morgan fingerprint density at radius 1 is 1.22 bits per heavy atom. The summed E-state index contributed by atoms with van der Waals surface area (Å²) >= 11 is 0. The molecule has 2 aliphatic rings. The molecule has 2 aliphatic heterocycles. The minimum atomic E-state index is -0.108. The fourth-order valence-electron chi connectivity index (χ4n) is 4.10. The number of rotatable bonds is 5. The number of anilines is 2. The molecule has 0 saturated carbocycles. The van der Waals surface area contributed by atoms with Gasteiger partial charge in [0.25, 0.3) is 0 Å². The highest BCUT2D eigenvalue weighted by molar-refractivity contribution is 5.82. The largest absolute Gasteiger partial charge is 0.383 e. The Hall–Kier alpha value is -2.67. The summed E-state index contributed by atoms with van der Waals surface area (Å²) in [6, 6.07) is 10.3. The molecule has 1 N–H and O–H groups in total. The Labute approximate surface area is 159 Å². The van der Waals surface area contributed by atoms with Crippen molar-refractivity contribution in [3.63, 3.8) is 0 Å². The van der Waals surface area contributed by atoms with Crippen LogP contribution in [0, 0.1) is 5.92 Å². The number of fused-ring (bicyclic) bond motifs is 3. The van der Waals surface area contributed by atoms with Crippen molar-refractivity contribution in [1.29, 1.82) is 0 Å². The topological polar surface area (TPSA) is 70.6 Å². The van der Waals surface area contributed by atoms with E-state index in [0.29, 0.717) is 13.2 Å². The van der Waals surface area contributed by atoms with Crippen LogP contribution in [0.2, 0.25) is 0 Å². The molecule has 0 spiro atoms. The van der Waals surface area contributed by atoms with Crippen LogP contribution in [-0.4, -0.2) is 61.8 Å². The van der Waals surface area contributed by atoms with Crippen LogP contribution in [-0.2, 0) is 16.0 Å². The second-order valence-electron chi connectivity index (χ2n) is 6.98. The number of carbonyl (C=O) groups excluding carboxylic acids is 1. The standard InChI is InChI=1S/C20H25N5O2/c1-27-12-9-21-19(26)16-13-15-5-2-3-6-17(15)25-11-10-24(14-18(16)25)20-22-7-4-8-23-20/h2-8,16,18H,9-14H2,1H3,(H,21,26)/t16-,18+/m0/s1. The first-order valence-corrected chi connectivity index (χ1v) is 9.41.